The van der Waals surface area contributed by atoms with Crippen molar-refractivity contribution in [3.63, 3.8) is 0 Å². The highest BCUT2D eigenvalue weighted by atomic mass is 16.5. The molecule has 0 heterocycles. The fourth-order valence-corrected chi connectivity index (χ4v) is 3.71. The van der Waals surface area contributed by atoms with Gasteiger partial charge in [-0.2, -0.15) is 0 Å². The molecule has 31 heavy (non-hydrogen) atoms. The first kappa shape index (κ1) is 21.9. The molecule has 0 spiro atoms. The maximum absolute atomic E-state index is 12.4. The van der Waals surface area contributed by atoms with Crippen molar-refractivity contribution in [2.24, 2.45) is 0 Å². The Labute approximate surface area is 180 Å². The van der Waals surface area contributed by atoms with Gasteiger partial charge in [0.2, 0.25) is 5.91 Å². The molecule has 3 rings (SSSR count). The van der Waals surface area contributed by atoms with Gasteiger partial charge in [0, 0.05) is 11.8 Å². The topological polar surface area (TPSA) is 105 Å². The van der Waals surface area contributed by atoms with Crippen LogP contribution in [0, 0.1) is 11.8 Å². The van der Waals surface area contributed by atoms with Crippen molar-refractivity contribution in [1.82, 2.24) is 10.6 Å². The quantitative estimate of drug-likeness (QED) is 0.598. The lowest BCUT2D eigenvalue weighted by atomic mass is 9.98. The monoisotopic (exact) mass is 420 g/mol. The van der Waals surface area contributed by atoms with E-state index in [1.54, 1.807) is 0 Å². The Morgan fingerprint density at radius 3 is 2.26 bits per heavy atom. The number of hydrogen-bond donors (Lipinski definition) is 3. The van der Waals surface area contributed by atoms with Crippen LogP contribution in [0.2, 0.25) is 0 Å². The molecule has 0 saturated carbocycles. The summed E-state index contributed by atoms with van der Waals surface area (Å²) in [6.07, 6.45) is 0.414. The fraction of sp³-hybridized carbons (Fsp3) is 0.292. The van der Waals surface area contributed by atoms with E-state index in [9.17, 15) is 14.4 Å². The summed E-state index contributed by atoms with van der Waals surface area (Å²) in [4.78, 5) is 35.1. The maximum atomic E-state index is 12.4. The van der Waals surface area contributed by atoms with E-state index in [1.165, 1.54) is 0 Å². The minimum absolute atomic E-state index is 0.0668. The normalized spacial score (nSPS) is 12.5. The minimum atomic E-state index is -1.27. The lowest BCUT2D eigenvalue weighted by Gasteiger charge is -2.19. The Morgan fingerprint density at radius 1 is 1.06 bits per heavy atom. The number of benzene rings is 2. The van der Waals surface area contributed by atoms with E-state index in [2.05, 4.69) is 28.7 Å². The van der Waals surface area contributed by atoms with E-state index in [0.717, 1.165) is 22.3 Å². The van der Waals surface area contributed by atoms with Crippen molar-refractivity contribution >= 4 is 18.0 Å². The Bertz CT molecular complexity index is 992. The van der Waals surface area contributed by atoms with Crippen LogP contribution in [0.3, 0.4) is 0 Å². The Hall–Kier alpha value is -3.79. The number of amides is 2. The fourth-order valence-electron chi connectivity index (χ4n) is 3.71. The summed E-state index contributed by atoms with van der Waals surface area (Å²) < 4.78 is 5.49. The second-order valence-electron chi connectivity index (χ2n) is 7.14. The summed E-state index contributed by atoms with van der Waals surface area (Å²) in [5, 5.41) is 13.6. The number of aliphatic carboxylic acids is 1. The smallest absolute Gasteiger partial charge is 0.407 e. The number of nitrogens with one attached hydrogen (secondary N) is 2. The van der Waals surface area contributed by atoms with Crippen LogP contribution >= 0.6 is 0 Å². The van der Waals surface area contributed by atoms with Crippen molar-refractivity contribution in [3.8, 4) is 23.0 Å². The molecule has 1 aliphatic carbocycles. The van der Waals surface area contributed by atoms with Crippen LogP contribution in [0.5, 0.6) is 0 Å². The van der Waals surface area contributed by atoms with E-state index in [4.69, 9.17) is 9.84 Å². The molecule has 2 aromatic rings. The van der Waals surface area contributed by atoms with Crippen LogP contribution in [0.4, 0.5) is 4.79 Å². The maximum Gasteiger partial charge on any atom is 0.407 e. The summed E-state index contributed by atoms with van der Waals surface area (Å²) in [6, 6.07) is 15.3. The van der Waals surface area contributed by atoms with E-state index >= 15 is 0 Å². The number of ether oxygens (including phenoxy) is 1. The predicted molar refractivity (Wildman–Crippen MR) is 115 cm³/mol. The van der Waals surface area contributed by atoms with Crippen LogP contribution < -0.4 is 10.6 Å². The number of carboxylic acid groups (broad SMARTS) is 1. The molecule has 1 atom stereocenters. The molecule has 0 bridgehead atoms. The lowest BCUT2D eigenvalue weighted by Crippen LogP contribution is -2.47. The Kier molecular flexibility index (Phi) is 7.28. The molecule has 2 aromatic carbocycles. The molecule has 3 N–H and O–H groups in total. The molecular formula is C24H24N2O5. The zero-order valence-corrected chi connectivity index (χ0v) is 17.2. The molecular weight excluding hydrogens is 396 g/mol. The zero-order chi connectivity index (χ0) is 22.2. The number of carbonyl (C=O) groups excluding carboxylic acids is 2. The molecule has 1 aliphatic rings. The number of rotatable bonds is 7. The third-order valence-corrected chi connectivity index (χ3v) is 5.08. The van der Waals surface area contributed by atoms with Gasteiger partial charge in [-0.3, -0.25) is 4.79 Å². The Balaban J connectivity index is 1.60. The van der Waals surface area contributed by atoms with E-state index in [1.807, 2.05) is 49.2 Å². The van der Waals surface area contributed by atoms with Crippen molar-refractivity contribution in [3.05, 3.63) is 59.7 Å². The standard InChI is InChI=1S/C24H24N2O5/c1-2-8-21(23(29)25-14-7-13-22(27)28)26-24(30)31-15-20-18-11-5-3-9-16(18)17-10-4-6-12-19(17)20/h3-6,9-12,20-21H,2,8,14-15H2,1H3,(H,25,29)(H,26,30)(H,27,28)/t21-/m0/s1. The van der Waals surface area contributed by atoms with E-state index in [-0.39, 0.29) is 19.1 Å². The molecule has 0 radical (unpaired) electrons. The second-order valence-corrected chi connectivity index (χ2v) is 7.14. The highest BCUT2D eigenvalue weighted by molar-refractivity contribution is 5.87. The summed E-state index contributed by atoms with van der Waals surface area (Å²) in [7, 11) is 0. The largest absolute Gasteiger partial charge is 0.472 e. The third kappa shape index (κ3) is 5.43. The molecule has 0 aromatic heterocycles. The molecule has 2 amide bonds. The van der Waals surface area contributed by atoms with Crippen molar-refractivity contribution in [1.29, 1.82) is 0 Å². The van der Waals surface area contributed by atoms with Crippen molar-refractivity contribution in [2.75, 3.05) is 13.2 Å². The highest BCUT2D eigenvalue weighted by Crippen LogP contribution is 2.44. The molecule has 0 unspecified atom stereocenters. The van der Waals surface area contributed by atoms with Gasteiger partial charge in [0.1, 0.15) is 12.6 Å². The molecule has 7 nitrogen and oxygen atoms in total. The van der Waals surface area contributed by atoms with Gasteiger partial charge in [0.25, 0.3) is 0 Å². The van der Waals surface area contributed by atoms with Gasteiger partial charge in [-0.25, -0.2) is 9.59 Å². The average molecular weight is 420 g/mol. The zero-order valence-electron chi connectivity index (χ0n) is 17.2. The minimum Gasteiger partial charge on any atom is -0.472 e. The van der Waals surface area contributed by atoms with Crippen LogP contribution in [0.25, 0.3) is 11.1 Å². The highest BCUT2D eigenvalue weighted by Gasteiger charge is 2.29. The number of carboxylic acids is 1. The van der Waals surface area contributed by atoms with Crippen molar-refractivity contribution < 1.29 is 24.2 Å². The predicted octanol–water partition coefficient (Wildman–Crippen LogP) is 2.90. The van der Waals surface area contributed by atoms with Gasteiger partial charge in [0.15, 0.2) is 0 Å². The average Bonchev–Trinajstić information content (AvgIpc) is 3.08. The van der Waals surface area contributed by atoms with E-state index in [0.29, 0.717) is 12.8 Å². The van der Waals surface area contributed by atoms with Crippen LogP contribution in [0.15, 0.2) is 48.5 Å². The summed E-state index contributed by atoms with van der Waals surface area (Å²) >= 11 is 0. The number of alkyl carbamates (subject to hydrolysis) is 1. The molecule has 160 valence electrons. The molecule has 0 saturated heterocycles. The first-order valence-corrected chi connectivity index (χ1v) is 10.1. The van der Waals surface area contributed by atoms with Gasteiger partial charge in [-0.15, -0.1) is 0 Å². The summed E-state index contributed by atoms with van der Waals surface area (Å²) in [5.74, 6) is 2.47. The van der Waals surface area contributed by atoms with Crippen LogP contribution in [-0.4, -0.2) is 42.3 Å². The molecule has 0 aliphatic heterocycles. The van der Waals surface area contributed by atoms with Crippen molar-refractivity contribution in [2.45, 2.75) is 31.7 Å². The first-order chi connectivity index (χ1) is 15.0. The second kappa shape index (κ2) is 10.3. The lowest BCUT2D eigenvalue weighted by molar-refractivity contribution is -0.130. The number of hydrogen-bond acceptors (Lipinski definition) is 4. The van der Waals surface area contributed by atoms with Gasteiger partial charge in [-0.1, -0.05) is 67.8 Å². The summed E-state index contributed by atoms with van der Waals surface area (Å²) in [6.45, 7) is 1.94. The van der Waals surface area contributed by atoms with E-state index < -0.39 is 24.0 Å². The summed E-state index contributed by atoms with van der Waals surface area (Å²) in [5.41, 5.74) is 4.49. The molecule has 0 fully saturated rings. The number of fused-ring (bicyclic) bond motifs is 3. The van der Waals surface area contributed by atoms with Gasteiger partial charge in [-0.05, 0) is 28.7 Å². The van der Waals surface area contributed by atoms with Gasteiger partial charge in [0.05, 0.1) is 6.54 Å². The van der Waals surface area contributed by atoms with Crippen LogP contribution in [-0.2, 0) is 14.3 Å². The number of carbonyl (C=O) groups is 3. The molecule has 7 heteroatoms. The Morgan fingerprint density at radius 2 is 1.68 bits per heavy atom. The third-order valence-electron chi connectivity index (χ3n) is 5.08. The van der Waals surface area contributed by atoms with Crippen LogP contribution in [0.1, 0.15) is 36.8 Å². The SMILES string of the molecule is CCC[C@H](NC(=O)OCC1c2ccccc2-c2ccccc21)C(=O)NCC#CC(=O)O. The van der Waals surface area contributed by atoms with Gasteiger partial charge >= 0.3 is 12.1 Å². The van der Waals surface area contributed by atoms with Gasteiger partial charge < -0.3 is 20.5 Å². The first-order valence-electron chi connectivity index (χ1n) is 10.1.